The van der Waals surface area contributed by atoms with Gasteiger partial charge in [-0.15, -0.1) is 0 Å². The number of ether oxygens (including phenoxy) is 2. The molecule has 4 rings (SSSR count). The number of aromatic nitrogens is 4. The smallest absolute Gasteiger partial charge is 0.332 e. The topological polar surface area (TPSA) is 116 Å². The second-order valence-corrected chi connectivity index (χ2v) is 9.02. The Labute approximate surface area is 203 Å². The number of morpholine rings is 1. The molecular weight excluding hydrogens is 452 g/mol. The number of aryl methyl sites for hydroxylation is 3. The second-order valence-electron chi connectivity index (χ2n) is 9.02. The Bertz CT molecular complexity index is 1300. The third kappa shape index (κ3) is 5.42. The number of aliphatic hydroxyl groups is 1. The zero-order valence-electron chi connectivity index (χ0n) is 20.8. The van der Waals surface area contributed by atoms with Crippen LogP contribution >= 0.6 is 0 Å². The quantitative estimate of drug-likeness (QED) is 0.442. The first-order valence-electron chi connectivity index (χ1n) is 11.8. The minimum absolute atomic E-state index is 0.0431. The minimum atomic E-state index is -0.907. The van der Waals surface area contributed by atoms with Gasteiger partial charge in [0.05, 0.1) is 19.8 Å². The van der Waals surface area contributed by atoms with Gasteiger partial charge >= 0.3 is 5.69 Å². The van der Waals surface area contributed by atoms with Gasteiger partial charge < -0.3 is 24.5 Å². The molecule has 190 valence electrons. The van der Waals surface area contributed by atoms with Crippen molar-refractivity contribution >= 4 is 17.1 Å². The molecule has 3 heterocycles. The summed E-state index contributed by atoms with van der Waals surface area (Å²) in [6.45, 7) is 8.67. The Morgan fingerprint density at radius 3 is 2.60 bits per heavy atom. The standard InChI is InChI=1S/C24H34N6O5/c1-16-5-6-19(13-17(16)2)35-15-18(31)14-30-20-21(27(3)24(33)28(4)22(20)32)26-23(30)25-7-8-29-9-11-34-12-10-29/h5-6,13,18,31H,7-12,14-15H2,1-4H3,(H,25,26)/t18-/m0/s1. The van der Waals surface area contributed by atoms with Gasteiger partial charge in [0.2, 0.25) is 5.95 Å². The van der Waals surface area contributed by atoms with E-state index in [9.17, 15) is 14.7 Å². The summed E-state index contributed by atoms with van der Waals surface area (Å²) in [7, 11) is 3.02. The molecule has 0 radical (unpaired) electrons. The molecule has 2 aromatic heterocycles. The molecule has 1 aromatic carbocycles. The zero-order chi connectivity index (χ0) is 25.1. The van der Waals surface area contributed by atoms with Crippen LogP contribution in [0.25, 0.3) is 11.2 Å². The first kappa shape index (κ1) is 25.0. The normalized spacial score (nSPS) is 15.5. The summed E-state index contributed by atoms with van der Waals surface area (Å²) in [6, 6.07) is 5.77. The molecule has 35 heavy (non-hydrogen) atoms. The Balaban J connectivity index is 1.56. The molecule has 0 saturated carbocycles. The fourth-order valence-electron chi connectivity index (χ4n) is 4.17. The van der Waals surface area contributed by atoms with Gasteiger partial charge in [-0.05, 0) is 37.1 Å². The van der Waals surface area contributed by atoms with Crippen LogP contribution in [0.15, 0.2) is 27.8 Å². The predicted octanol–water partition coefficient (Wildman–Crippen LogP) is 0.235. The van der Waals surface area contributed by atoms with Crippen LogP contribution in [0.5, 0.6) is 5.75 Å². The van der Waals surface area contributed by atoms with Crippen molar-refractivity contribution in [2.75, 3.05) is 51.3 Å². The molecule has 11 heteroatoms. The van der Waals surface area contributed by atoms with E-state index in [0.29, 0.717) is 31.5 Å². The second kappa shape index (κ2) is 10.6. The van der Waals surface area contributed by atoms with Crippen LogP contribution in [0.1, 0.15) is 11.1 Å². The van der Waals surface area contributed by atoms with Gasteiger partial charge in [-0.1, -0.05) is 6.07 Å². The molecule has 2 N–H and O–H groups in total. The molecule has 0 spiro atoms. The lowest BCUT2D eigenvalue weighted by Crippen LogP contribution is -2.39. The third-order valence-electron chi connectivity index (χ3n) is 6.48. The van der Waals surface area contributed by atoms with E-state index < -0.39 is 17.4 Å². The summed E-state index contributed by atoms with van der Waals surface area (Å²) in [5, 5.41) is 14.1. The van der Waals surface area contributed by atoms with E-state index in [4.69, 9.17) is 9.47 Å². The van der Waals surface area contributed by atoms with Crippen LogP contribution in [-0.2, 0) is 25.4 Å². The molecule has 1 aliphatic heterocycles. The molecular formula is C24H34N6O5. The third-order valence-corrected chi connectivity index (χ3v) is 6.48. The Morgan fingerprint density at radius 1 is 1.14 bits per heavy atom. The molecule has 1 fully saturated rings. The number of fused-ring (bicyclic) bond motifs is 1. The summed E-state index contributed by atoms with van der Waals surface area (Å²) in [5.41, 5.74) is 1.89. The van der Waals surface area contributed by atoms with E-state index in [1.54, 1.807) is 11.6 Å². The number of hydrogen-bond acceptors (Lipinski definition) is 8. The number of anilines is 1. The van der Waals surface area contributed by atoms with Crippen LogP contribution in [0.4, 0.5) is 5.95 Å². The lowest BCUT2D eigenvalue weighted by molar-refractivity contribution is 0.0398. The van der Waals surface area contributed by atoms with E-state index in [-0.39, 0.29) is 24.3 Å². The Morgan fingerprint density at radius 2 is 1.89 bits per heavy atom. The van der Waals surface area contributed by atoms with E-state index in [1.165, 1.54) is 11.6 Å². The first-order valence-corrected chi connectivity index (χ1v) is 11.8. The number of nitrogens with zero attached hydrogens (tertiary/aromatic N) is 5. The largest absolute Gasteiger partial charge is 0.491 e. The molecule has 0 unspecified atom stereocenters. The van der Waals surface area contributed by atoms with Gasteiger partial charge in [-0.3, -0.25) is 18.8 Å². The van der Waals surface area contributed by atoms with Gasteiger partial charge in [0.15, 0.2) is 11.2 Å². The fourth-order valence-corrected chi connectivity index (χ4v) is 4.17. The fraction of sp³-hybridized carbons (Fsp3) is 0.542. The summed E-state index contributed by atoms with van der Waals surface area (Å²) in [5.74, 6) is 1.10. The van der Waals surface area contributed by atoms with Crippen LogP contribution in [0.2, 0.25) is 0 Å². The maximum atomic E-state index is 13.0. The molecule has 3 aromatic rings. The molecule has 11 nitrogen and oxygen atoms in total. The van der Waals surface area contributed by atoms with Crippen molar-refractivity contribution in [3.05, 3.63) is 50.2 Å². The highest BCUT2D eigenvalue weighted by Crippen LogP contribution is 2.19. The van der Waals surface area contributed by atoms with Crippen LogP contribution < -0.4 is 21.3 Å². The highest BCUT2D eigenvalue weighted by atomic mass is 16.5. The lowest BCUT2D eigenvalue weighted by Gasteiger charge is -2.26. The average molecular weight is 487 g/mol. The summed E-state index contributed by atoms with van der Waals surface area (Å²) >= 11 is 0. The SMILES string of the molecule is Cc1ccc(OC[C@@H](O)Cn2c(NCCN3CCOCC3)nc3c2c(=O)n(C)c(=O)n3C)cc1C. The van der Waals surface area contributed by atoms with Gasteiger partial charge in [0.1, 0.15) is 18.5 Å². The van der Waals surface area contributed by atoms with Crippen molar-refractivity contribution in [3.8, 4) is 5.75 Å². The maximum absolute atomic E-state index is 13.0. The number of imidazole rings is 1. The van der Waals surface area contributed by atoms with E-state index in [2.05, 4.69) is 15.2 Å². The zero-order valence-corrected chi connectivity index (χ0v) is 20.8. The van der Waals surface area contributed by atoms with E-state index in [0.717, 1.165) is 35.3 Å². The van der Waals surface area contributed by atoms with Crippen LogP contribution in [0.3, 0.4) is 0 Å². The summed E-state index contributed by atoms with van der Waals surface area (Å²) < 4.78 is 15.2. The highest BCUT2D eigenvalue weighted by Gasteiger charge is 2.21. The number of hydrogen-bond donors (Lipinski definition) is 2. The lowest BCUT2D eigenvalue weighted by atomic mass is 10.1. The van der Waals surface area contributed by atoms with Crippen molar-refractivity contribution in [1.82, 2.24) is 23.6 Å². The van der Waals surface area contributed by atoms with Gasteiger partial charge in [-0.2, -0.15) is 4.98 Å². The Hall–Kier alpha value is -3.15. The molecule has 1 atom stereocenters. The monoisotopic (exact) mass is 486 g/mol. The molecule has 0 amide bonds. The van der Waals surface area contributed by atoms with E-state index in [1.807, 2.05) is 32.0 Å². The highest BCUT2D eigenvalue weighted by molar-refractivity contribution is 5.74. The maximum Gasteiger partial charge on any atom is 0.332 e. The molecule has 0 aliphatic carbocycles. The summed E-state index contributed by atoms with van der Waals surface area (Å²) in [4.78, 5) is 32.3. The number of rotatable bonds is 9. The van der Waals surface area contributed by atoms with Crippen LogP contribution in [0, 0.1) is 13.8 Å². The van der Waals surface area contributed by atoms with Gasteiger partial charge in [-0.25, -0.2) is 4.79 Å². The van der Waals surface area contributed by atoms with Crippen molar-refractivity contribution in [1.29, 1.82) is 0 Å². The average Bonchev–Trinajstić information content (AvgIpc) is 3.21. The predicted molar refractivity (Wildman–Crippen MR) is 133 cm³/mol. The molecule has 1 saturated heterocycles. The van der Waals surface area contributed by atoms with E-state index >= 15 is 0 Å². The Kier molecular flexibility index (Phi) is 7.58. The number of nitrogens with one attached hydrogen (secondary N) is 1. The van der Waals surface area contributed by atoms with Crippen LogP contribution in [-0.4, -0.2) is 80.8 Å². The van der Waals surface area contributed by atoms with Gasteiger partial charge in [0.25, 0.3) is 5.56 Å². The number of aliphatic hydroxyl groups excluding tert-OH is 1. The van der Waals surface area contributed by atoms with Crippen molar-refractivity contribution in [2.45, 2.75) is 26.5 Å². The first-order chi connectivity index (χ1) is 16.8. The van der Waals surface area contributed by atoms with Crippen molar-refractivity contribution in [3.63, 3.8) is 0 Å². The minimum Gasteiger partial charge on any atom is -0.491 e. The van der Waals surface area contributed by atoms with Crippen molar-refractivity contribution in [2.24, 2.45) is 14.1 Å². The number of benzene rings is 1. The van der Waals surface area contributed by atoms with Gasteiger partial charge in [0, 0.05) is 40.3 Å². The molecule has 0 bridgehead atoms. The van der Waals surface area contributed by atoms with Crippen molar-refractivity contribution < 1.29 is 14.6 Å². The summed E-state index contributed by atoms with van der Waals surface area (Å²) in [6.07, 6.45) is -0.907. The molecule has 1 aliphatic rings.